The van der Waals surface area contributed by atoms with Gasteiger partial charge in [0.25, 0.3) is 0 Å². The first-order valence-corrected chi connectivity index (χ1v) is 9.49. The molecule has 1 nitrogen and oxygen atoms in total. The average Bonchev–Trinajstić information content (AvgIpc) is 2.41. The highest BCUT2D eigenvalue weighted by molar-refractivity contribution is 6.81. The van der Waals surface area contributed by atoms with Crippen LogP contribution in [0.25, 0.3) is 0 Å². The smallest absolute Gasteiger partial charge is 0.180 e. The molecule has 0 amide bonds. The van der Waals surface area contributed by atoms with Gasteiger partial charge in [-0.25, -0.2) is 0 Å². The van der Waals surface area contributed by atoms with Crippen molar-refractivity contribution in [1.29, 1.82) is 0 Å². The van der Waals surface area contributed by atoms with Crippen molar-refractivity contribution in [3.63, 3.8) is 0 Å². The van der Waals surface area contributed by atoms with Gasteiger partial charge in [-0.1, -0.05) is 37.8 Å². The highest BCUT2D eigenvalue weighted by atomic mass is 28.3. The SMILES string of the molecule is C[Si](C)(C)/C=C/C(=O)C1=CCCCCC1. The molecule has 0 N–H and O–H groups in total. The minimum atomic E-state index is -1.22. The van der Waals surface area contributed by atoms with Crippen LogP contribution in [0.2, 0.25) is 19.6 Å². The van der Waals surface area contributed by atoms with Gasteiger partial charge in [0.15, 0.2) is 5.78 Å². The number of hydrogen-bond donors (Lipinski definition) is 0. The quantitative estimate of drug-likeness (QED) is 0.523. The number of ketones is 1. The number of allylic oxidation sites excluding steroid dienone is 3. The molecular formula is C13H22OSi. The zero-order valence-electron chi connectivity index (χ0n) is 10.2. The summed E-state index contributed by atoms with van der Waals surface area (Å²) in [6, 6.07) is 0. The monoisotopic (exact) mass is 222 g/mol. The summed E-state index contributed by atoms with van der Waals surface area (Å²) >= 11 is 0. The average molecular weight is 222 g/mol. The van der Waals surface area contributed by atoms with Crippen LogP contribution < -0.4 is 0 Å². The summed E-state index contributed by atoms with van der Waals surface area (Å²) in [6.45, 7) is 6.74. The van der Waals surface area contributed by atoms with Crippen molar-refractivity contribution in [2.45, 2.75) is 51.7 Å². The predicted molar refractivity (Wildman–Crippen MR) is 68.7 cm³/mol. The molecule has 1 aliphatic carbocycles. The summed E-state index contributed by atoms with van der Waals surface area (Å²) in [7, 11) is -1.22. The van der Waals surface area contributed by atoms with Gasteiger partial charge in [0.2, 0.25) is 0 Å². The molecule has 0 radical (unpaired) electrons. The molecule has 0 atom stereocenters. The lowest BCUT2D eigenvalue weighted by Crippen LogP contribution is -2.16. The van der Waals surface area contributed by atoms with E-state index in [0.717, 1.165) is 18.4 Å². The molecule has 1 aliphatic rings. The third-order valence-electron chi connectivity index (χ3n) is 2.59. The molecule has 0 heterocycles. The Kier molecular flexibility index (Phi) is 4.52. The van der Waals surface area contributed by atoms with Crippen LogP contribution >= 0.6 is 0 Å². The van der Waals surface area contributed by atoms with E-state index in [-0.39, 0.29) is 5.78 Å². The molecule has 0 spiro atoms. The Morgan fingerprint density at radius 3 is 2.67 bits per heavy atom. The van der Waals surface area contributed by atoms with Crippen LogP contribution in [0.3, 0.4) is 0 Å². The fourth-order valence-electron chi connectivity index (χ4n) is 1.67. The maximum Gasteiger partial charge on any atom is 0.180 e. The number of carbonyl (C=O) groups excluding carboxylic acids is 1. The molecule has 1 rings (SSSR count). The van der Waals surface area contributed by atoms with Gasteiger partial charge in [-0.15, -0.1) is 0 Å². The normalized spacial score (nSPS) is 18.7. The lowest BCUT2D eigenvalue weighted by Gasteiger charge is -2.08. The van der Waals surface area contributed by atoms with Crippen LogP contribution in [0, 0.1) is 0 Å². The summed E-state index contributed by atoms with van der Waals surface area (Å²) in [5, 5.41) is 0. The lowest BCUT2D eigenvalue weighted by molar-refractivity contribution is -0.111. The minimum absolute atomic E-state index is 0.249. The van der Waals surface area contributed by atoms with Crippen LogP contribution in [-0.2, 0) is 4.79 Å². The number of rotatable bonds is 3. The van der Waals surface area contributed by atoms with E-state index in [9.17, 15) is 4.79 Å². The van der Waals surface area contributed by atoms with Crippen molar-refractivity contribution in [3.05, 3.63) is 23.4 Å². The third-order valence-corrected chi connectivity index (χ3v) is 3.76. The topological polar surface area (TPSA) is 17.1 Å². The Morgan fingerprint density at radius 2 is 2.00 bits per heavy atom. The highest BCUT2D eigenvalue weighted by Crippen LogP contribution is 2.18. The zero-order valence-corrected chi connectivity index (χ0v) is 11.2. The van der Waals surface area contributed by atoms with E-state index in [2.05, 4.69) is 31.4 Å². The second-order valence-corrected chi connectivity index (χ2v) is 10.5. The van der Waals surface area contributed by atoms with E-state index < -0.39 is 8.07 Å². The van der Waals surface area contributed by atoms with Crippen LogP contribution in [-0.4, -0.2) is 13.9 Å². The van der Waals surface area contributed by atoms with Gasteiger partial charge in [0.1, 0.15) is 0 Å². The molecule has 0 aromatic carbocycles. The summed E-state index contributed by atoms with van der Waals surface area (Å²) in [6.07, 6.45) is 9.71. The Morgan fingerprint density at radius 1 is 1.27 bits per heavy atom. The van der Waals surface area contributed by atoms with Gasteiger partial charge in [-0.2, -0.15) is 0 Å². The molecule has 0 bridgehead atoms. The van der Waals surface area contributed by atoms with Gasteiger partial charge in [0.05, 0.1) is 8.07 Å². The minimum Gasteiger partial charge on any atom is -0.290 e. The van der Waals surface area contributed by atoms with Crippen molar-refractivity contribution < 1.29 is 4.79 Å². The van der Waals surface area contributed by atoms with E-state index >= 15 is 0 Å². The number of hydrogen-bond acceptors (Lipinski definition) is 1. The Bertz CT molecular complexity index is 281. The standard InChI is InChI=1S/C13H22OSi/c1-15(2,3)11-10-13(14)12-8-6-4-5-7-9-12/h8,10-11H,4-7,9H2,1-3H3/b11-10+. The van der Waals surface area contributed by atoms with Gasteiger partial charge >= 0.3 is 0 Å². The highest BCUT2D eigenvalue weighted by Gasteiger charge is 2.11. The third kappa shape index (κ3) is 5.12. The maximum atomic E-state index is 11.9. The molecule has 0 unspecified atom stereocenters. The molecule has 2 heteroatoms. The Labute approximate surface area is 94.3 Å². The van der Waals surface area contributed by atoms with Crippen molar-refractivity contribution in [1.82, 2.24) is 0 Å². The van der Waals surface area contributed by atoms with Crippen LogP contribution in [0.1, 0.15) is 32.1 Å². The van der Waals surface area contributed by atoms with Gasteiger partial charge < -0.3 is 0 Å². The summed E-state index contributed by atoms with van der Waals surface area (Å²) in [5.41, 5.74) is 3.18. The molecule has 84 valence electrons. The first-order valence-electron chi connectivity index (χ1n) is 5.92. The van der Waals surface area contributed by atoms with Crippen LogP contribution in [0.5, 0.6) is 0 Å². The molecule has 0 aliphatic heterocycles. The van der Waals surface area contributed by atoms with Gasteiger partial charge in [-0.3, -0.25) is 4.79 Å². The summed E-state index contributed by atoms with van der Waals surface area (Å²) in [5.74, 6) is 0.249. The molecule has 0 aromatic rings. The lowest BCUT2D eigenvalue weighted by atomic mass is 10.1. The Balaban J connectivity index is 2.60. The summed E-state index contributed by atoms with van der Waals surface area (Å²) < 4.78 is 0. The first-order chi connectivity index (χ1) is 6.99. The van der Waals surface area contributed by atoms with Crippen molar-refractivity contribution in [2.24, 2.45) is 0 Å². The van der Waals surface area contributed by atoms with Crippen LogP contribution in [0.4, 0.5) is 0 Å². The van der Waals surface area contributed by atoms with Crippen molar-refractivity contribution in [3.8, 4) is 0 Å². The van der Waals surface area contributed by atoms with Gasteiger partial charge in [0, 0.05) is 0 Å². The van der Waals surface area contributed by atoms with Gasteiger partial charge in [-0.05, 0) is 37.3 Å². The van der Waals surface area contributed by atoms with E-state index in [1.54, 1.807) is 0 Å². The first kappa shape index (κ1) is 12.4. The molecule has 0 saturated carbocycles. The molecule has 0 fully saturated rings. The van der Waals surface area contributed by atoms with Crippen molar-refractivity contribution >= 4 is 13.9 Å². The molecule has 0 aromatic heterocycles. The maximum absolute atomic E-state index is 11.9. The zero-order chi connectivity index (χ0) is 11.3. The fraction of sp³-hybridized carbons (Fsp3) is 0.615. The fourth-order valence-corrected chi connectivity index (χ4v) is 2.32. The Hall–Kier alpha value is -0.633. The summed E-state index contributed by atoms with van der Waals surface area (Å²) in [4.78, 5) is 11.9. The molecular weight excluding hydrogens is 200 g/mol. The second kappa shape index (κ2) is 5.45. The predicted octanol–water partition coefficient (Wildman–Crippen LogP) is 3.88. The van der Waals surface area contributed by atoms with E-state index in [0.29, 0.717) is 0 Å². The largest absolute Gasteiger partial charge is 0.290 e. The number of carbonyl (C=O) groups is 1. The van der Waals surface area contributed by atoms with E-state index in [4.69, 9.17) is 0 Å². The van der Waals surface area contributed by atoms with E-state index in [1.807, 2.05) is 6.08 Å². The van der Waals surface area contributed by atoms with Crippen LogP contribution in [0.15, 0.2) is 23.4 Å². The molecule has 0 saturated heterocycles. The van der Waals surface area contributed by atoms with E-state index in [1.165, 1.54) is 19.3 Å². The van der Waals surface area contributed by atoms with Crippen molar-refractivity contribution in [2.75, 3.05) is 0 Å². The second-order valence-electron chi connectivity index (χ2n) is 5.39. The molecule has 15 heavy (non-hydrogen) atoms.